The molecule has 162 valence electrons. The number of aromatic nitrogens is 3. The highest BCUT2D eigenvalue weighted by Crippen LogP contribution is 2.31. The van der Waals surface area contributed by atoms with Gasteiger partial charge in [-0.3, -0.25) is 14.9 Å². The number of rotatable bonds is 9. The summed E-state index contributed by atoms with van der Waals surface area (Å²) in [6, 6.07) is 11.7. The first-order chi connectivity index (χ1) is 14.9. The summed E-state index contributed by atoms with van der Waals surface area (Å²) in [7, 11) is 0. The van der Waals surface area contributed by atoms with Crippen LogP contribution in [0.3, 0.4) is 0 Å². The van der Waals surface area contributed by atoms with Crippen molar-refractivity contribution in [1.29, 1.82) is 0 Å². The first-order valence-electron chi connectivity index (χ1n) is 9.46. The number of halogens is 1. The molecule has 31 heavy (non-hydrogen) atoms. The molecule has 0 aliphatic heterocycles. The zero-order valence-corrected chi connectivity index (χ0v) is 18.4. The van der Waals surface area contributed by atoms with Gasteiger partial charge in [0.2, 0.25) is 5.91 Å². The van der Waals surface area contributed by atoms with Crippen LogP contribution in [0.2, 0.25) is 5.02 Å². The Hall–Kier alpha value is -3.11. The van der Waals surface area contributed by atoms with Crippen molar-refractivity contribution < 1.29 is 14.5 Å². The zero-order chi connectivity index (χ0) is 22.4. The Labute approximate surface area is 187 Å². The average Bonchev–Trinajstić information content (AvgIpc) is 3.17. The number of nitro benzene ring substituents is 1. The van der Waals surface area contributed by atoms with Crippen molar-refractivity contribution in [1.82, 2.24) is 14.8 Å². The average molecular weight is 462 g/mol. The second-order valence-corrected chi connectivity index (χ2v) is 7.59. The standard InChI is InChI=1S/C20H20ClN5O4S/c1-3-25-19(14-7-5-6-8-17(14)30-4-2)23-24-20(25)31-12-18(27)22-13-9-10-15(21)16(11-13)26(28)29/h5-11H,3-4,12H2,1-2H3,(H,22,27). The van der Waals surface area contributed by atoms with E-state index in [0.717, 1.165) is 5.56 Å². The molecular weight excluding hydrogens is 442 g/mol. The van der Waals surface area contributed by atoms with E-state index in [0.29, 0.717) is 35.6 Å². The van der Waals surface area contributed by atoms with Crippen LogP contribution in [0.5, 0.6) is 5.75 Å². The summed E-state index contributed by atoms with van der Waals surface area (Å²) in [5.74, 6) is 1.10. The van der Waals surface area contributed by atoms with Gasteiger partial charge in [-0.2, -0.15) is 0 Å². The van der Waals surface area contributed by atoms with Crippen LogP contribution in [0.15, 0.2) is 47.6 Å². The smallest absolute Gasteiger partial charge is 0.289 e. The van der Waals surface area contributed by atoms with E-state index >= 15 is 0 Å². The number of hydrogen-bond donors (Lipinski definition) is 1. The SMILES string of the molecule is CCOc1ccccc1-c1nnc(SCC(=O)Nc2ccc(Cl)c([N+](=O)[O-])c2)n1CC. The molecule has 0 radical (unpaired) electrons. The molecule has 0 aliphatic rings. The van der Waals surface area contributed by atoms with Gasteiger partial charge in [-0.25, -0.2) is 0 Å². The van der Waals surface area contributed by atoms with Gasteiger partial charge in [0, 0.05) is 18.3 Å². The number of thioether (sulfide) groups is 1. The molecule has 3 rings (SSSR count). The fraction of sp³-hybridized carbons (Fsp3) is 0.250. The molecule has 0 saturated heterocycles. The Bertz CT molecular complexity index is 1100. The number of nitro groups is 1. The molecule has 0 fully saturated rings. The lowest BCUT2D eigenvalue weighted by atomic mass is 10.2. The van der Waals surface area contributed by atoms with Crippen molar-refractivity contribution in [2.24, 2.45) is 0 Å². The number of hydrogen-bond acceptors (Lipinski definition) is 7. The molecule has 1 amide bonds. The lowest BCUT2D eigenvalue weighted by molar-refractivity contribution is -0.384. The van der Waals surface area contributed by atoms with Crippen molar-refractivity contribution in [3.63, 3.8) is 0 Å². The van der Waals surface area contributed by atoms with Crippen LogP contribution >= 0.6 is 23.4 Å². The van der Waals surface area contributed by atoms with E-state index in [1.165, 1.54) is 30.0 Å². The predicted molar refractivity (Wildman–Crippen MR) is 120 cm³/mol. The van der Waals surface area contributed by atoms with E-state index < -0.39 is 4.92 Å². The minimum Gasteiger partial charge on any atom is -0.493 e. The van der Waals surface area contributed by atoms with E-state index in [9.17, 15) is 14.9 Å². The number of nitrogens with one attached hydrogen (secondary N) is 1. The van der Waals surface area contributed by atoms with Crippen molar-refractivity contribution >= 4 is 40.6 Å². The first-order valence-corrected chi connectivity index (χ1v) is 10.8. The minimum atomic E-state index is -0.599. The second kappa shape index (κ2) is 10.3. The maximum atomic E-state index is 12.4. The molecule has 2 aromatic carbocycles. The molecule has 0 bridgehead atoms. The van der Waals surface area contributed by atoms with Crippen LogP contribution in [0, 0.1) is 10.1 Å². The van der Waals surface area contributed by atoms with Crippen LogP contribution in [0.1, 0.15) is 13.8 Å². The van der Waals surface area contributed by atoms with Crippen LogP contribution in [-0.2, 0) is 11.3 Å². The van der Waals surface area contributed by atoms with Gasteiger partial charge in [-0.1, -0.05) is 35.5 Å². The summed E-state index contributed by atoms with van der Waals surface area (Å²) < 4.78 is 7.60. The highest BCUT2D eigenvalue weighted by atomic mass is 35.5. The number of para-hydroxylation sites is 1. The molecule has 0 unspecified atom stereocenters. The molecule has 1 aromatic heterocycles. The Morgan fingerprint density at radius 2 is 2.03 bits per heavy atom. The van der Waals surface area contributed by atoms with E-state index in [4.69, 9.17) is 16.3 Å². The van der Waals surface area contributed by atoms with Gasteiger partial charge < -0.3 is 14.6 Å². The number of nitrogens with zero attached hydrogens (tertiary/aromatic N) is 4. The number of amides is 1. The Balaban J connectivity index is 1.72. The quantitative estimate of drug-likeness (QED) is 0.280. The summed E-state index contributed by atoms with van der Waals surface area (Å²) >= 11 is 7.02. The third-order valence-corrected chi connectivity index (χ3v) is 5.51. The number of benzene rings is 2. The normalized spacial score (nSPS) is 10.7. The van der Waals surface area contributed by atoms with Gasteiger partial charge in [-0.05, 0) is 38.1 Å². The predicted octanol–water partition coefficient (Wildman–Crippen LogP) is 4.66. The maximum Gasteiger partial charge on any atom is 0.289 e. The molecule has 0 atom stereocenters. The van der Waals surface area contributed by atoms with Crippen molar-refractivity contribution in [2.75, 3.05) is 17.7 Å². The Kier molecular flexibility index (Phi) is 7.48. The third-order valence-electron chi connectivity index (χ3n) is 4.22. The largest absolute Gasteiger partial charge is 0.493 e. The van der Waals surface area contributed by atoms with E-state index in [1.54, 1.807) is 0 Å². The molecule has 0 spiro atoms. The fourth-order valence-corrected chi connectivity index (χ4v) is 3.86. The van der Waals surface area contributed by atoms with Gasteiger partial charge in [-0.15, -0.1) is 10.2 Å². The summed E-state index contributed by atoms with van der Waals surface area (Å²) in [6.45, 7) is 5.02. The number of ether oxygens (including phenoxy) is 1. The summed E-state index contributed by atoms with van der Waals surface area (Å²) in [5, 5.41) is 22.8. The van der Waals surface area contributed by atoms with Gasteiger partial charge in [0.1, 0.15) is 10.8 Å². The molecule has 3 aromatic rings. The molecule has 9 nitrogen and oxygen atoms in total. The van der Waals surface area contributed by atoms with Crippen LogP contribution < -0.4 is 10.1 Å². The number of anilines is 1. The highest BCUT2D eigenvalue weighted by molar-refractivity contribution is 7.99. The van der Waals surface area contributed by atoms with Gasteiger partial charge in [0.05, 0.1) is 22.8 Å². The second-order valence-electron chi connectivity index (χ2n) is 6.24. The van der Waals surface area contributed by atoms with Gasteiger partial charge >= 0.3 is 0 Å². The summed E-state index contributed by atoms with van der Waals surface area (Å²) in [4.78, 5) is 22.8. The fourth-order valence-electron chi connectivity index (χ4n) is 2.87. The van der Waals surface area contributed by atoms with Gasteiger partial charge in [0.25, 0.3) is 5.69 Å². The van der Waals surface area contributed by atoms with Crippen molar-refractivity contribution in [3.8, 4) is 17.1 Å². The molecule has 0 aliphatic carbocycles. The first kappa shape index (κ1) is 22.6. The van der Waals surface area contributed by atoms with E-state index in [1.807, 2.05) is 42.7 Å². The number of carbonyl (C=O) groups is 1. The zero-order valence-electron chi connectivity index (χ0n) is 16.9. The van der Waals surface area contributed by atoms with Crippen LogP contribution in [0.25, 0.3) is 11.4 Å². The van der Waals surface area contributed by atoms with Crippen LogP contribution in [0.4, 0.5) is 11.4 Å². The lowest BCUT2D eigenvalue weighted by Crippen LogP contribution is -2.14. The summed E-state index contributed by atoms with van der Waals surface area (Å²) in [5.41, 5.74) is 0.851. The van der Waals surface area contributed by atoms with Gasteiger partial charge in [0.15, 0.2) is 11.0 Å². The van der Waals surface area contributed by atoms with Crippen molar-refractivity contribution in [2.45, 2.75) is 25.5 Å². The minimum absolute atomic E-state index is 0.00767. The molecule has 1 heterocycles. The molecule has 11 heteroatoms. The monoisotopic (exact) mass is 461 g/mol. The van der Waals surface area contributed by atoms with E-state index in [-0.39, 0.29) is 22.4 Å². The molecule has 0 saturated carbocycles. The Morgan fingerprint density at radius 1 is 1.26 bits per heavy atom. The molecule has 1 N–H and O–H groups in total. The highest BCUT2D eigenvalue weighted by Gasteiger charge is 2.18. The van der Waals surface area contributed by atoms with E-state index in [2.05, 4.69) is 15.5 Å². The number of carbonyl (C=O) groups excluding carboxylic acids is 1. The molecular formula is C20H20ClN5O4S. The van der Waals surface area contributed by atoms with Crippen LogP contribution in [-0.4, -0.2) is 38.0 Å². The third kappa shape index (κ3) is 5.33. The topological polar surface area (TPSA) is 112 Å². The lowest BCUT2D eigenvalue weighted by Gasteiger charge is -2.11. The maximum absolute atomic E-state index is 12.4. The van der Waals surface area contributed by atoms with Crippen molar-refractivity contribution in [3.05, 3.63) is 57.6 Å². The Morgan fingerprint density at radius 3 is 2.74 bits per heavy atom. The summed E-state index contributed by atoms with van der Waals surface area (Å²) in [6.07, 6.45) is 0.